The van der Waals surface area contributed by atoms with E-state index in [1.165, 1.54) is 0 Å². The quantitative estimate of drug-likeness (QED) is 0.693. The molecule has 0 radical (unpaired) electrons. The Morgan fingerprint density at radius 2 is 2.20 bits per heavy atom. The average molecular weight is 342 g/mol. The fourth-order valence-corrected chi connectivity index (χ4v) is 3.05. The van der Waals surface area contributed by atoms with Gasteiger partial charge in [-0.25, -0.2) is 0 Å². The number of amides is 1. The molecule has 1 unspecified atom stereocenters. The summed E-state index contributed by atoms with van der Waals surface area (Å²) in [5, 5.41) is 31.0. The zero-order valence-corrected chi connectivity index (χ0v) is 13.5. The van der Waals surface area contributed by atoms with Crippen LogP contribution in [0.3, 0.4) is 0 Å². The Bertz CT molecular complexity index is 918. The van der Waals surface area contributed by atoms with E-state index in [4.69, 9.17) is 5.11 Å². The summed E-state index contributed by atoms with van der Waals surface area (Å²) in [6.45, 7) is 1.32. The Balaban J connectivity index is 1.59. The smallest absolute Gasteiger partial charge is 0.254 e. The number of aliphatic hydroxyl groups excluding tert-OH is 2. The van der Waals surface area contributed by atoms with Crippen LogP contribution in [0.5, 0.6) is 0 Å². The van der Waals surface area contributed by atoms with E-state index in [1.54, 1.807) is 44.7 Å². The maximum Gasteiger partial charge on any atom is 0.254 e. The molecular weight excluding hydrogens is 324 g/mol. The highest BCUT2D eigenvalue weighted by atomic mass is 16.3. The van der Waals surface area contributed by atoms with Crippen molar-refractivity contribution < 1.29 is 15.0 Å². The Kier molecular flexibility index (Phi) is 3.94. The molecule has 1 aliphatic heterocycles. The van der Waals surface area contributed by atoms with E-state index in [1.807, 2.05) is 0 Å². The second-order valence-electron chi connectivity index (χ2n) is 6.07. The number of pyridine rings is 1. The van der Waals surface area contributed by atoms with Crippen LogP contribution in [0.25, 0.3) is 5.65 Å². The summed E-state index contributed by atoms with van der Waals surface area (Å²) in [4.78, 5) is 14.6. The molecule has 9 heteroatoms. The number of carbonyl (C=O) groups is 1. The van der Waals surface area contributed by atoms with Crippen molar-refractivity contribution in [2.45, 2.75) is 25.6 Å². The first kappa shape index (κ1) is 15.7. The van der Waals surface area contributed by atoms with Crippen molar-refractivity contribution in [2.75, 3.05) is 13.2 Å². The van der Waals surface area contributed by atoms with Crippen molar-refractivity contribution in [3.05, 3.63) is 47.7 Å². The van der Waals surface area contributed by atoms with Gasteiger partial charge in [-0.05, 0) is 24.6 Å². The molecule has 9 nitrogen and oxygen atoms in total. The van der Waals surface area contributed by atoms with Crippen molar-refractivity contribution in [3.8, 4) is 0 Å². The molecule has 4 rings (SSSR count). The molecule has 0 saturated carbocycles. The van der Waals surface area contributed by atoms with E-state index in [-0.39, 0.29) is 12.5 Å². The minimum Gasteiger partial charge on any atom is -0.393 e. The summed E-state index contributed by atoms with van der Waals surface area (Å²) in [6, 6.07) is 5.22. The highest BCUT2D eigenvalue weighted by Crippen LogP contribution is 2.19. The third-order valence-electron chi connectivity index (χ3n) is 4.38. The minimum atomic E-state index is -1.00. The summed E-state index contributed by atoms with van der Waals surface area (Å²) in [5.41, 5.74) is 2.46. The summed E-state index contributed by atoms with van der Waals surface area (Å²) >= 11 is 0. The molecule has 130 valence electrons. The number of hydrogen-bond acceptors (Lipinski definition) is 6. The van der Waals surface area contributed by atoms with Gasteiger partial charge in [0.15, 0.2) is 5.65 Å². The van der Waals surface area contributed by atoms with E-state index in [0.717, 1.165) is 12.1 Å². The van der Waals surface area contributed by atoms with Crippen molar-refractivity contribution in [1.29, 1.82) is 0 Å². The molecule has 3 aromatic heterocycles. The van der Waals surface area contributed by atoms with Gasteiger partial charge < -0.3 is 15.1 Å². The van der Waals surface area contributed by atoms with Gasteiger partial charge in [0.2, 0.25) is 0 Å². The van der Waals surface area contributed by atoms with Gasteiger partial charge in [0.1, 0.15) is 12.4 Å². The number of aromatic nitrogens is 5. The number of hydrogen-bond donors (Lipinski definition) is 2. The largest absolute Gasteiger partial charge is 0.393 e. The normalized spacial score (nSPS) is 15.8. The van der Waals surface area contributed by atoms with Crippen molar-refractivity contribution in [2.24, 2.45) is 0 Å². The Morgan fingerprint density at radius 3 is 3.04 bits per heavy atom. The maximum atomic E-state index is 12.9. The van der Waals surface area contributed by atoms with E-state index >= 15 is 0 Å². The van der Waals surface area contributed by atoms with Crippen LogP contribution in [0.4, 0.5) is 0 Å². The molecule has 0 aliphatic carbocycles. The van der Waals surface area contributed by atoms with Gasteiger partial charge >= 0.3 is 0 Å². The van der Waals surface area contributed by atoms with Crippen LogP contribution in [0.1, 0.15) is 34.3 Å². The summed E-state index contributed by atoms with van der Waals surface area (Å²) in [5.74, 6) is -0.0793. The number of rotatable bonds is 3. The van der Waals surface area contributed by atoms with E-state index in [9.17, 15) is 9.90 Å². The molecule has 4 heterocycles. The first-order valence-electron chi connectivity index (χ1n) is 8.10. The summed E-state index contributed by atoms with van der Waals surface area (Å²) in [7, 11) is 0. The van der Waals surface area contributed by atoms with Crippen LogP contribution < -0.4 is 0 Å². The van der Waals surface area contributed by atoms with Crippen molar-refractivity contribution >= 4 is 11.6 Å². The highest BCUT2D eigenvalue weighted by molar-refractivity contribution is 5.95. The van der Waals surface area contributed by atoms with Gasteiger partial charge in [0.05, 0.1) is 24.5 Å². The molecule has 25 heavy (non-hydrogen) atoms. The zero-order chi connectivity index (χ0) is 17.4. The predicted molar refractivity (Wildman–Crippen MR) is 86.6 cm³/mol. The number of nitrogens with zero attached hydrogens (tertiary/aromatic N) is 6. The third-order valence-corrected chi connectivity index (χ3v) is 4.38. The lowest BCUT2D eigenvalue weighted by Gasteiger charge is -2.20. The molecule has 0 bridgehead atoms. The second-order valence-corrected chi connectivity index (χ2v) is 6.07. The fraction of sp³-hybridized carbons (Fsp3) is 0.375. The van der Waals surface area contributed by atoms with Gasteiger partial charge in [0.25, 0.3) is 5.91 Å². The van der Waals surface area contributed by atoms with Crippen LogP contribution in [0.15, 0.2) is 30.7 Å². The first-order valence-corrected chi connectivity index (χ1v) is 8.10. The Morgan fingerprint density at radius 1 is 1.32 bits per heavy atom. The van der Waals surface area contributed by atoms with Crippen molar-refractivity contribution in [1.82, 2.24) is 29.3 Å². The molecule has 1 atom stereocenters. The molecule has 0 fully saturated rings. The van der Waals surface area contributed by atoms with E-state index in [2.05, 4.69) is 15.3 Å². The minimum absolute atomic E-state index is 0.0793. The Labute approximate surface area is 143 Å². The fourth-order valence-electron chi connectivity index (χ4n) is 3.05. The van der Waals surface area contributed by atoms with Crippen LogP contribution in [0, 0.1) is 0 Å². The van der Waals surface area contributed by atoms with Gasteiger partial charge in [-0.2, -0.15) is 5.10 Å². The Hall–Kier alpha value is -2.78. The lowest BCUT2D eigenvalue weighted by molar-refractivity contribution is 0.0745. The number of aliphatic hydroxyl groups is 2. The van der Waals surface area contributed by atoms with Gasteiger partial charge in [-0.1, -0.05) is 0 Å². The molecule has 1 amide bonds. The maximum absolute atomic E-state index is 12.9. The molecule has 1 aliphatic rings. The summed E-state index contributed by atoms with van der Waals surface area (Å²) < 4.78 is 3.54. The van der Waals surface area contributed by atoms with Gasteiger partial charge in [-0.3, -0.25) is 13.9 Å². The van der Waals surface area contributed by atoms with E-state index in [0.29, 0.717) is 36.5 Å². The number of aryl methyl sites for hydroxylation is 1. The topological polar surface area (TPSA) is 109 Å². The molecule has 0 aromatic carbocycles. The van der Waals surface area contributed by atoms with Gasteiger partial charge in [0, 0.05) is 24.8 Å². The molecule has 2 N–H and O–H groups in total. The molecule has 3 aromatic rings. The van der Waals surface area contributed by atoms with E-state index < -0.39 is 6.10 Å². The summed E-state index contributed by atoms with van der Waals surface area (Å²) in [6.07, 6.45) is 3.11. The van der Waals surface area contributed by atoms with Crippen LogP contribution in [-0.2, 0) is 13.1 Å². The highest BCUT2D eigenvalue weighted by Gasteiger charge is 2.23. The lowest BCUT2D eigenvalue weighted by Crippen LogP contribution is -2.30. The molecular formula is C16H18N6O3. The standard InChI is InChI=1S/C16H18N6O3/c23-9-14(24)13-7-12-8-20(3-1-4-22(12)19-13)16(25)11-2-5-21-10-17-18-15(21)6-11/h2,5-7,10,14,23-24H,1,3-4,8-9H2. The zero-order valence-electron chi connectivity index (χ0n) is 13.5. The van der Waals surface area contributed by atoms with Gasteiger partial charge in [-0.15, -0.1) is 10.2 Å². The predicted octanol–water partition coefficient (Wildman–Crippen LogP) is -0.00240. The van der Waals surface area contributed by atoms with Crippen LogP contribution in [-0.4, -0.2) is 58.6 Å². The average Bonchev–Trinajstić information content (AvgIpc) is 3.21. The molecule has 0 spiro atoms. The first-order chi connectivity index (χ1) is 12.2. The lowest BCUT2D eigenvalue weighted by atomic mass is 10.2. The number of fused-ring (bicyclic) bond motifs is 2. The second kappa shape index (κ2) is 6.26. The van der Waals surface area contributed by atoms with Crippen LogP contribution >= 0.6 is 0 Å². The molecule has 0 saturated heterocycles. The van der Waals surface area contributed by atoms with Crippen molar-refractivity contribution in [3.63, 3.8) is 0 Å². The SMILES string of the molecule is O=C(c1ccn2cnnc2c1)N1CCCn2nc(C(O)CO)cc2C1. The third kappa shape index (κ3) is 2.87. The number of carbonyl (C=O) groups excluding carboxylic acids is 1. The van der Waals surface area contributed by atoms with Crippen LogP contribution in [0.2, 0.25) is 0 Å². The monoisotopic (exact) mass is 342 g/mol.